The Kier molecular flexibility index (Phi) is 4.01. The highest BCUT2D eigenvalue weighted by molar-refractivity contribution is 7.87. The highest BCUT2D eigenvalue weighted by Crippen LogP contribution is 2.23. The van der Waals surface area contributed by atoms with Gasteiger partial charge in [0.2, 0.25) is 0 Å². The fourth-order valence-corrected chi connectivity index (χ4v) is 2.50. The highest BCUT2D eigenvalue weighted by atomic mass is 32.2. The van der Waals surface area contributed by atoms with Crippen molar-refractivity contribution >= 4 is 15.9 Å². The van der Waals surface area contributed by atoms with Gasteiger partial charge in [0.25, 0.3) is 10.1 Å². The first-order valence-electron chi connectivity index (χ1n) is 4.66. The van der Waals surface area contributed by atoms with E-state index in [-0.39, 0.29) is 18.9 Å². The summed E-state index contributed by atoms with van der Waals surface area (Å²) in [5.74, 6) is -0.434. The minimum absolute atomic E-state index is 0.0332. The lowest BCUT2D eigenvalue weighted by atomic mass is 9.96. The second-order valence-corrected chi connectivity index (χ2v) is 5.09. The van der Waals surface area contributed by atoms with Gasteiger partial charge in [0.1, 0.15) is 5.25 Å². The third-order valence-electron chi connectivity index (χ3n) is 2.36. The SMILES string of the molecule is C=CCOC1CCC(=O)C(S(=O)(=O)O)C1. The molecule has 0 heterocycles. The zero-order chi connectivity index (χ0) is 11.5. The van der Waals surface area contributed by atoms with E-state index in [1.807, 2.05) is 0 Å². The molecule has 6 heteroatoms. The molecule has 5 nitrogen and oxygen atoms in total. The topological polar surface area (TPSA) is 80.7 Å². The van der Waals surface area contributed by atoms with Crippen LogP contribution in [0.2, 0.25) is 0 Å². The van der Waals surface area contributed by atoms with Crippen LogP contribution in [0.5, 0.6) is 0 Å². The van der Waals surface area contributed by atoms with Crippen LogP contribution < -0.4 is 0 Å². The maximum Gasteiger partial charge on any atom is 0.275 e. The van der Waals surface area contributed by atoms with Crippen LogP contribution in [0.15, 0.2) is 12.7 Å². The van der Waals surface area contributed by atoms with Crippen molar-refractivity contribution in [2.24, 2.45) is 0 Å². The van der Waals surface area contributed by atoms with E-state index in [1.165, 1.54) is 0 Å². The number of hydrogen-bond donors (Lipinski definition) is 1. The molecular weight excluding hydrogens is 220 g/mol. The lowest BCUT2D eigenvalue weighted by Crippen LogP contribution is -2.39. The van der Waals surface area contributed by atoms with Gasteiger partial charge in [-0.3, -0.25) is 9.35 Å². The quantitative estimate of drug-likeness (QED) is 0.568. The lowest BCUT2D eigenvalue weighted by molar-refractivity contribution is -0.122. The van der Waals surface area contributed by atoms with E-state index in [1.54, 1.807) is 6.08 Å². The van der Waals surface area contributed by atoms with Crippen molar-refractivity contribution < 1.29 is 22.5 Å². The highest BCUT2D eigenvalue weighted by Gasteiger charge is 2.37. The number of ether oxygens (including phenoxy) is 1. The summed E-state index contributed by atoms with van der Waals surface area (Å²) >= 11 is 0. The van der Waals surface area contributed by atoms with Crippen molar-refractivity contribution in [2.75, 3.05) is 6.61 Å². The van der Waals surface area contributed by atoms with Crippen molar-refractivity contribution in [2.45, 2.75) is 30.6 Å². The van der Waals surface area contributed by atoms with Gasteiger partial charge in [0, 0.05) is 6.42 Å². The Bertz CT molecular complexity index is 344. The van der Waals surface area contributed by atoms with E-state index in [0.717, 1.165) is 0 Å². The minimum atomic E-state index is -4.29. The van der Waals surface area contributed by atoms with E-state index in [4.69, 9.17) is 9.29 Å². The Morgan fingerprint density at radius 3 is 2.80 bits per heavy atom. The molecule has 1 N–H and O–H groups in total. The fraction of sp³-hybridized carbons (Fsp3) is 0.667. The molecule has 0 aromatic carbocycles. The number of Topliss-reactive ketones (excluding diaryl/α,β-unsaturated/α-hetero) is 1. The summed E-state index contributed by atoms with van der Waals surface area (Å²) in [5.41, 5.74) is 0. The van der Waals surface area contributed by atoms with E-state index in [2.05, 4.69) is 6.58 Å². The zero-order valence-corrected chi connectivity index (χ0v) is 9.07. The third kappa shape index (κ3) is 3.40. The summed E-state index contributed by atoms with van der Waals surface area (Å²) in [7, 11) is -4.29. The zero-order valence-electron chi connectivity index (χ0n) is 8.26. The van der Waals surface area contributed by atoms with E-state index < -0.39 is 21.2 Å². The summed E-state index contributed by atoms with van der Waals surface area (Å²) in [4.78, 5) is 11.2. The number of carbonyl (C=O) groups is 1. The first-order valence-corrected chi connectivity index (χ1v) is 6.17. The predicted octanol–water partition coefficient (Wildman–Crippen LogP) is 0.567. The molecule has 0 amide bonds. The maximum absolute atomic E-state index is 11.2. The molecule has 0 aromatic heterocycles. The van der Waals surface area contributed by atoms with Crippen LogP contribution in [0.3, 0.4) is 0 Å². The van der Waals surface area contributed by atoms with E-state index in [9.17, 15) is 13.2 Å². The van der Waals surface area contributed by atoms with Gasteiger partial charge < -0.3 is 4.74 Å². The van der Waals surface area contributed by atoms with Gasteiger partial charge in [-0.2, -0.15) is 8.42 Å². The molecule has 0 bridgehead atoms. The Morgan fingerprint density at radius 1 is 1.60 bits per heavy atom. The fourth-order valence-electron chi connectivity index (χ4n) is 1.60. The smallest absolute Gasteiger partial charge is 0.275 e. The van der Waals surface area contributed by atoms with Crippen LogP contribution in [-0.4, -0.2) is 36.7 Å². The van der Waals surface area contributed by atoms with E-state index >= 15 is 0 Å². The first-order chi connectivity index (χ1) is 6.95. The van der Waals surface area contributed by atoms with Crippen LogP contribution >= 0.6 is 0 Å². The standard InChI is InChI=1S/C9H14O5S/c1-2-5-14-7-3-4-8(10)9(6-7)15(11,12)13/h2,7,9H,1,3-6H2,(H,11,12,13). The molecule has 0 aromatic rings. The molecule has 15 heavy (non-hydrogen) atoms. The second-order valence-electron chi connectivity index (χ2n) is 3.49. The number of ketones is 1. The van der Waals surface area contributed by atoms with Crippen molar-refractivity contribution in [3.05, 3.63) is 12.7 Å². The molecule has 1 aliphatic carbocycles. The molecule has 86 valence electrons. The van der Waals surface area contributed by atoms with Crippen molar-refractivity contribution in [3.8, 4) is 0 Å². The predicted molar refractivity (Wildman–Crippen MR) is 54.1 cm³/mol. The molecular formula is C9H14O5S. The van der Waals surface area contributed by atoms with Crippen LogP contribution in [-0.2, 0) is 19.6 Å². The normalized spacial score (nSPS) is 27.7. The summed E-state index contributed by atoms with van der Waals surface area (Å²) in [6.45, 7) is 3.78. The summed E-state index contributed by atoms with van der Waals surface area (Å²) in [6.07, 6.45) is 1.92. The monoisotopic (exact) mass is 234 g/mol. The van der Waals surface area contributed by atoms with Crippen LogP contribution in [0.4, 0.5) is 0 Å². The van der Waals surface area contributed by atoms with Gasteiger partial charge >= 0.3 is 0 Å². The van der Waals surface area contributed by atoms with Crippen LogP contribution in [0, 0.1) is 0 Å². The Balaban J connectivity index is 2.64. The number of carbonyl (C=O) groups excluding carboxylic acids is 1. The molecule has 0 aliphatic heterocycles. The number of hydrogen-bond acceptors (Lipinski definition) is 4. The average Bonchev–Trinajstić information content (AvgIpc) is 2.15. The molecule has 0 saturated heterocycles. The summed E-state index contributed by atoms with van der Waals surface area (Å²) in [6, 6.07) is 0. The van der Waals surface area contributed by atoms with Crippen molar-refractivity contribution in [1.82, 2.24) is 0 Å². The molecule has 1 saturated carbocycles. The third-order valence-corrected chi connectivity index (χ3v) is 3.53. The van der Waals surface area contributed by atoms with Gasteiger partial charge in [0.15, 0.2) is 5.78 Å². The minimum Gasteiger partial charge on any atom is -0.374 e. The maximum atomic E-state index is 11.2. The van der Waals surface area contributed by atoms with Crippen molar-refractivity contribution in [1.29, 1.82) is 0 Å². The van der Waals surface area contributed by atoms with Crippen LogP contribution in [0.25, 0.3) is 0 Å². The van der Waals surface area contributed by atoms with Gasteiger partial charge in [-0.25, -0.2) is 0 Å². The molecule has 0 spiro atoms. The summed E-state index contributed by atoms with van der Waals surface area (Å²) < 4.78 is 35.8. The van der Waals surface area contributed by atoms with Gasteiger partial charge in [-0.05, 0) is 12.8 Å². The average molecular weight is 234 g/mol. The Labute approximate surface area is 88.9 Å². The summed E-state index contributed by atoms with van der Waals surface area (Å²) in [5, 5.41) is -1.32. The Hall–Kier alpha value is -0.720. The van der Waals surface area contributed by atoms with Gasteiger partial charge in [0.05, 0.1) is 12.7 Å². The Morgan fingerprint density at radius 2 is 2.27 bits per heavy atom. The molecule has 2 atom stereocenters. The molecule has 1 aliphatic rings. The molecule has 1 rings (SSSR count). The largest absolute Gasteiger partial charge is 0.374 e. The van der Waals surface area contributed by atoms with Crippen molar-refractivity contribution in [3.63, 3.8) is 0 Å². The lowest BCUT2D eigenvalue weighted by Gasteiger charge is -2.25. The van der Waals surface area contributed by atoms with Gasteiger partial charge in [-0.15, -0.1) is 6.58 Å². The van der Waals surface area contributed by atoms with Gasteiger partial charge in [-0.1, -0.05) is 6.08 Å². The number of rotatable bonds is 4. The second kappa shape index (κ2) is 4.87. The molecule has 0 radical (unpaired) electrons. The van der Waals surface area contributed by atoms with E-state index in [0.29, 0.717) is 13.0 Å². The molecule has 2 unspecified atom stereocenters. The first kappa shape index (κ1) is 12.4. The molecule has 1 fully saturated rings. The van der Waals surface area contributed by atoms with Crippen LogP contribution in [0.1, 0.15) is 19.3 Å².